The Morgan fingerprint density at radius 3 is 2.41 bits per heavy atom. The first-order chi connectivity index (χ1) is 13.0. The summed E-state index contributed by atoms with van der Waals surface area (Å²) >= 11 is 0. The fourth-order valence-electron chi connectivity index (χ4n) is 3.48. The van der Waals surface area contributed by atoms with E-state index in [0.29, 0.717) is 50.3 Å². The summed E-state index contributed by atoms with van der Waals surface area (Å²) in [5.41, 5.74) is 3.65. The minimum absolute atomic E-state index is 0.0517. The van der Waals surface area contributed by atoms with Crippen molar-refractivity contribution in [1.82, 2.24) is 20.0 Å². The van der Waals surface area contributed by atoms with Crippen LogP contribution in [0, 0.1) is 13.8 Å². The number of piperazine rings is 1. The molecule has 7 nitrogen and oxygen atoms in total. The molecule has 27 heavy (non-hydrogen) atoms. The molecule has 1 aromatic carbocycles. The van der Waals surface area contributed by atoms with Crippen molar-refractivity contribution < 1.29 is 14.3 Å². The molecule has 1 saturated heterocycles. The molecule has 2 heterocycles. The van der Waals surface area contributed by atoms with Crippen LogP contribution < -0.4 is 4.74 Å². The molecular formula is C20H26N4O3. The van der Waals surface area contributed by atoms with Crippen molar-refractivity contribution in [3.8, 4) is 5.75 Å². The molecule has 144 valence electrons. The van der Waals surface area contributed by atoms with Crippen LogP contribution in [0.25, 0.3) is 0 Å². The summed E-state index contributed by atoms with van der Waals surface area (Å²) < 4.78 is 5.28. The maximum Gasteiger partial charge on any atom is 0.257 e. The Hall–Kier alpha value is -2.83. The van der Waals surface area contributed by atoms with Gasteiger partial charge in [0.2, 0.25) is 5.91 Å². The van der Waals surface area contributed by atoms with Gasteiger partial charge in [-0.2, -0.15) is 5.10 Å². The number of H-pyrrole nitrogens is 1. The van der Waals surface area contributed by atoms with Crippen molar-refractivity contribution in [2.24, 2.45) is 0 Å². The maximum atomic E-state index is 12.7. The summed E-state index contributed by atoms with van der Waals surface area (Å²) in [5, 5.41) is 7.13. The van der Waals surface area contributed by atoms with Gasteiger partial charge in [-0.3, -0.25) is 14.7 Å². The molecule has 7 heteroatoms. The molecule has 3 rings (SSSR count). The number of para-hydroxylation sites is 1. The molecule has 0 unspecified atom stereocenters. The van der Waals surface area contributed by atoms with Gasteiger partial charge in [0.05, 0.1) is 18.4 Å². The topological polar surface area (TPSA) is 78.5 Å². The molecule has 0 spiro atoms. The Balaban J connectivity index is 1.54. The normalized spacial score (nSPS) is 14.3. The summed E-state index contributed by atoms with van der Waals surface area (Å²) in [4.78, 5) is 28.9. The third-order valence-corrected chi connectivity index (χ3v) is 5.13. The number of hydrogen-bond donors (Lipinski definition) is 1. The zero-order chi connectivity index (χ0) is 19.4. The second-order valence-electron chi connectivity index (χ2n) is 6.79. The highest BCUT2D eigenvalue weighted by Gasteiger charge is 2.26. The van der Waals surface area contributed by atoms with Crippen LogP contribution in [0.5, 0.6) is 5.75 Å². The SMILES string of the molecule is COc1ccccc1C(=O)N1CCN(C(=O)CCc2c(C)n[nH]c2C)CC1. The van der Waals surface area contributed by atoms with E-state index in [9.17, 15) is 9.59 Å². The van der Waals surface area contributed by atoms with Crippen molar-refractivity contribution >= 4 is 11.8 Å². The van der Waals surface area contributed by atoms with E-state index in [1.54, 1.807) is 24.1 Å². The summed E-state index contributed by atoms with van der Waals surface area (Å²) in [6.07, 6.45) is 1.15. The highest BCUT2D eigenvalue weighted by atomic mass is 16.5. The number of ether oxygens (including phenoxy) is 1. The van der Waals surface area contributed by atoms with Crippen molar-refractivity contribution in [3.05, 3.63) is 46.8 Å². The standard InChI is InChI=1S/C20H26N4O3/c1-14-16(15(2)22-21-14)8-9-19(25)23-10-12-24(13-11-23)20(26)17-6-4-5-7-18(17)27-3/h4-7H,8-13H2,1-3H3,(H,21,22). The van der Waals surface area contributed by atoms with Crippen LogP contribution in [-0.4, -0.2) is 65.1 Å². The number of aromatic nitrogens is 2. The summed E-state index contributed by atoms with van der Waals surface area (Å²) in [7, 11) is 1.56. The summed E-state index contributed by atoms with van der Waals surface area (Å²) in [6.45, 7) is 6.11. The van der Waals surface area contributed by atoms with E-state index in [1.165, 1.54) is 0 Å². The Kier molecular flexibility index (Phi) is 5.78. The van der Waals surface area contributed by atoms with Crippen LogP contribution in [0.15, 0.2) is 24.3 Å². The average molecular weight is 370 g/mol. The molecule has 1 fully saturated rings. The lowest BCUT2D eigenvalue weighted by Crippen LogP contribution is -2.50. The molecule has 1 aliphatic heterocycles. The number of nitrogens with one attached hydrogen (secondary N) is 1. The van der Waals surface area contributed by atoms with Crippen molar-refractivity contribution in [2.75, 3.05) is 33.3 Å². The number of carbonyl (C=O) groups excluding carboxylic acids is 2. The van der Waals surface area contributed by atoms with Gasteiger partial charge in [-0.25, -0.2) is 0 Å². The summed E-state index contributed by atoms with van der Waals surface area (Å²) in [6, 6.07) is 7.23. The first-order valence-corrected chi connectivity index (χ1v) is 9.21. The number of nitrogens with zero attached hydrogens (tertiary/aromatic N) is 3. The number of hydrogen-bond acceptors (Lipinski definition) is 4. The second-order valence-corrected chi connectivity index (χ2v) is 6.79. The first-order valence-electron chi connectivity index (χ1n) is 9.21. The molecule has 1 aromatic heterocycles. The second kappa shape index (κ2) is 8.24. The number of aryl methyl sites for hydroxylation is 2. The van der Waals surface area contributed by atoms with E-state index in [-0.39, 0.29) is 11.8 Å². The molecule has 0 bridgehead atoms. The van der Waals surface area contributed by atoms with Crippen molar-refractivity contribution in [2.45, 2.75) is 26.7 Å². The van der Waals surface area contributed by atoms with Crippen LogP contribution in [0.2, 0.25) is 0 Å². The largest absolute Gasteiger partial charge is 0.496 e. The minimum Gasteiger partial charge on any atom is -0.496 e. The lowest BCUT2D eigenvalue weighted by Gasteiger charge is -2.35. The number of methoxy groups -OCH3 is 1. The van der Waals surface area contributed by atoms with Gasteiger partial charge in [0, 0.05) is 38.3 Å². The Morgan fingerprint density at radius 1 is 1.11 bits per heavy atom. The molecular weight excluding hydrogens is 344 g/mol. The molecule has 2 amide bonds. The van der Waals surface area contributed by atoms with E-state index in [4.69, 9.17) is 4.74 Å². The predicted molar refractivity (Wildman–Crippen MR) is 102 cm³/mol. The van der Waals surface area contributed by atoms with E-state index in [1.807, 2.05) is 30.9 Å². The zero-order valence-corrected chi connectivity index (χ0v) is 16.1. The number of aromatic amines is 1. The molecule has 1 N–H and O–H groups in total. The van der Waals surface area contributed by atoms with Gasteiger partial charge >= 0.3 is 0 Å². The van der Waals surface area contributed by atoms with E-state index < -0.39 is 0 Å². The van der Waals surface area contributed by atoms with Crippen LogP contribution >= 0.6 is 0 Å². The van der Waals surface area contributed by atoms with Gasteiger partial charge in [0.1, 0.15) is 5.75 Å². The van der Waals surface area contributed by atoms with Crippen LogP contribution in [-0.2, 0) is 11.2 Å². The van der Waals surface area contributed by atoms with Gasteiger partial charge < -0.3 is 14.5 Å². The van der Waals surface area contributed by atoms with Gasteiger partial charge in [-0.05, 0) is 38.0 Å². The Bertz CT molecular complexity index is 803. The van der Waals surface area contributed by atoms with Gasteiger partial charge in [-0.15, -0.1) is 0 Å². The van der Waals surface area contributed by atoms with E-state index in [2.05, 4.69) is 10.2 Å². The fraction of sp³-hybridized carbons (Fsp3) is 0.450. The quantitative estimate of drug-likeness (QED) is 0.873. The van der Waals surface area contributed by atoms with E-state index >= 15 is 0 Å². The number of rotatable bonds is 5. The summed E-state index contributed by atoms with van der Waals surface area (Å²) in [5.74, 6) is 0.649. The van der Waals surface area contributed by atoms with Gasteiger partial charge in [0.15, 0.2) is 0 Å². The highest BCUT2D eigenvalue weighted by Crippen LogP contribution is 2.20. The van der Waals surface area contributed by atoms with E-state index in [0.717, 1.165) is 17.0 Å². The third-order valence-electron chi connectivity index (χ3n) is 5.13. The zero-order valence-electron chi connectivity index (χ0n) is 16.1. The lowest BCUT2D eigenvalue weighted by atomic mass is 10.1. The average Bonchev–Trinajstić information content (AvgIpc) is 3.03. The highest BCUT2D eigenvalue weighted by molar-refractivity contribution is 5.97. The fourth-order valence-corrected chi connectivity index (χ4v) is 3.48. The van der Waals surface area contributed by atoms with Crippen molar-refractivity contribution in [3.63, 3.8) is 0 Å². The lowest BCUT2D eigenvalue weighted by molar-refractivity contribution is -0.132. The first kappa shape index (κ1) is 18.9. The van der Waals surface area contributed by atoms with Crippen molar-refractivity contribution in [1.29, 1.82) is 0 Å². The Morgan fingerprint density at radius 2 is 1.78 bits per heavy atom. The monoisotopic (exact) mass is 370 g/mol. The number of benzene rings is 1. The number of amides is 2. The molecule has 2 aromatic rings. The molecule has 0 radical (unpaired) electrons. The van der Waals surface area contributed by atoms with Crippen LogP contribution in [0.1, 0.15) is 33.7 Å². The smallest absolute Gasteiger partial charge is 0.257 e. The van der Waals surface area contributed by atoms with Crippen LogP contribution in [0.3, 0.4) is 0 Å². The molecule has 0 saturated carbocycles. The number of carbonyl (C=O) groups is 2. The molecule has 1 aliphatic rings. The third kappa shape index (κ3) is 4.13. The minimum atomic E-state index is -0.0517. The molecule has 0 aliphatic carbocycles. The van der Waals surface area contributed by atoms with Gasteiger partial charge in [0.25, 0.3) is 5.91 Å². The van der Waals surface area contributed by atoms with Crippen LogP contribution in [0.4, 0.5) is 0 Å². The Labute approximate surface area is 159 Å². The molecule has 0 atom stereocenters. The maximum absolute atomic E-state index is 12.7. The predicted octanol–water partition coefficient (Wildman–Crippen LogP) is 1.95. The van der Waals surface area contributed by atoms with Gasteiger partial charge in [-0.1, -0.05) is 12.1 Å².